The maximum atomic E-state index is 12.3. The minimum atomic E-state index is -0.247. The average Bonchev–Trinajstić information content (AvgIpc) is 2.32. The molecule has 0 spiro atoms. The van der Waals surface area contributed by atoms with Gasteiger partial charge in [-0.15, -0.1) is 0 Å². The van der Waals surface area contributed by atoms with Crippen LogP contribution in [0.25, 0.3) is 0 Å². The van der Waals surface area contributed by atoms with Gasteiger partial charge in [0.1, 0.15) is 0 Å². The Bertz CT molecular complexity index is 432. The molecule has 18 heavy (non-hydrogen) atoms. The normalized spacial score (nSPS) is 10.4. The fourth-order valence-corrected chi connectivity index (χ4v) is 2.12. The molecule has 1 aromatic carbocycles. The summed E-state index contributed by atoms with van der Waals surface area (Å²) in [4.78, 5) is 13.7. The lowest BCUT2D eigenvalue weighted by Crippen LogP contribution is -2.36. The summed E-state index contributed by atoms with van der Waals surface area (Å²) in [5.41, 5.74) is 7.51. The van der Waals surface area contributed by atoms with Gasteiger partial charge in [0.05, 0.1) is 13.2 Å². The number of carbonyl (C=O) groups is 1. The van der Waals surface area contributed by atoms with Gasteiger partial charge in [0, 0.05) is 28.8 Å². The SMILES string of the molecule is Cc1c(N)cc(Br)cc1C(=O)N(CCO)CCO. The van der Waals surface area contributed by atoms with Gasteiger partial charge >= 0.3 is 0 Å². The van der Waals surface area contributed by atoms with Crippen molar-refractivity contribution in [2.75, 3.05) is 32.0 Å². The summed E-state index contributed by atoms with van der Waals surface area (Å²) in [7, 11) is 0. The third-order valence-electron chi connectivity index (χ3n) is 2.67. The molecule has 0 bridgehead atoms. The van der Waals surface area contributed by atoms with Crippen LogP contribution in [0.4, 0.5) is 5.69 Å². The first kappa shape index (κ1) is 14.9. The molecule has 100 valence electrons. The molecule has 0 unspecified atom stereocenters. The molecule has 1 aromatic rings. The van der Waals surface area contributed by atoms with Crippen molar-refractivity contribution in [1.29, 1.82) is 0 Å². The first-order chi connectivity index (χ1) is 8.51. The number of halogens is 1. The van der Waals surface area contributed by atoms with E-state index < -0.39 is 0 Å². The van der Waals surface area contributed by atoms with E-state index >= 15 is 0 Å². The number of benzene rings is 1. The second kappa shape index (κ2) is 6.72. The van der Waals surface area contributed by atoms with Gasteiger partial charge in [0.2, 0.25) is 0 Å². The summed E-state index contributed by atoms with van der Waals surface area (Å²) in [6.45, 7) is 1.85. The zero-order valence-corrected chi connectivity index (χ0v) is 11.8. The van der Waals surface area contributed by atoms with Crippen LogP contribution >= 0.6 is 15.9 Å². The number of carbonyl (C=O) groups excluding carboxylic acids is 1. The molecule has 0 saturated carbocycles. The molecule has 0 fully saturated rings. The molecule has 0 aliphatic carbocycles. The maximum absolute atomic E-state index is 12.3. The monoisotopic (exact) mass is 316 g/mol. The summed E-state index contributed by atoms with van der Waals surface area (Å²) >= 11 is 3.29. The highest BCUT2D eigenvalue weighted by Crippen LogP contribution is 2.23. The first-order valence-corrected chi connectivity index (χ1v) is 6.37. The molecule has 0 atom stereocenters. The summed E-state index contributed by atoms with van der Waals surface area (Å²) < 4.78 is 0.724. The lowest BCUT2D eigenvalue weighted by atomic mass is 10.1. The zero-order chi connectivity index (χ0) is 13.7. The predicted molar refractivity (Wildman–Crippen MR) is 73.4 cm³/mol. The van der Waals surface area contributed by atoms with Gasteiger partial charge in [-0.25, -0.2) is 0 Å². The van der Waals surface area contributed by atoms with Gasteiger partial charge < -0.3 is 20.8 Å². The van der Waals surface area contributed by atoms with E-state index in [1.165, 1.54) is 4.90 Å². The number of nitrogen functional groups attached to an aromatic ring is 1. The molecule has 0 aliphatic rings. The molecule has 6 heteroatoms. The van der Waals surface area contributed by atoms with E-state index in [1.54, 1.807) is 19.1 Å². The summed E-state index contributed by atoms with van der Waals surface area (Å²) in [6.07, 6.45) is 0. The van der Waals surface area contributed by atoms with Crippen LogP contribution in [0.1, 0.15) is 15.9 Å². The minimum Gasteiger partial charge on any atom is -0.398 e. The maximum Gasteiger partial charge on any atom is 0.254 e. The van der Waals surface area contributed by atoms with Gasteiger partial charge in [0.25, 0.3) is 5.91 Å². The van der Waals surface area contributed by atoms with E-state index in [0.29, 0.717) is 16.8 Å². The Kier molecular flexibility index (Phi) is 5.58. The van der Waals surface area contributed by atoms with E-state index in [2.05, 4.69) is 15.9 Å². The van der Waals surface area contributed by atoms with Gasteiger partial charge in [-0.3, -0.25) is 4.79 Å². The number of rotatable bonds is 5. The number of aliphatic hydroxyl groups excluding tert-OH is 2. The van der Waals surface area contributed by atoms with Gasteiger partial charge in [0.15, 0.2) is 0 Å². The van der Waals surface area contributed by atoms with Crippen molar-refractivity contribution >= 4 is 27.5 Å². The summed E-state index contributed by atoms with van der Waals surface area (Å²) in [5, 5.41) is 17.9. The Morgan fingerprint density at radius 3 is 2.39 bits per heavy atom. The molecule has 0 radical (unpaired) electrons. The number of nitrogens with zero attached hydrogens (tertiary/aromatic N) is 1. The average molecular weight is 317 g/mol. The molecular formula is C12H17BrN2O3. The highest BCUT2D eigenvalue weighted by Gasteiger charge is 2.18. The van der Waals surface area contributed by atoms with E-state index in [1.807, 2.05) is 0 Å². The Labute approximate surface area is 114 Å². The van der Waals surface area contributed by atoms with Crippen LogP contribution in [0.5, 0.6) is 0 Å². The van der Waals surface area contributed by atoms with E-state index in [-0.39, 0.29) is 32.2 Å². The van der Waals surface area contributed by atoms with Crippen LogP contribution in [-0.4, -0.2) is 47.3 Å². The fourth-order valence-electron chi connectivity index (χ4n) is 1.65. The van der Waals surface area contributed by atoms with Gasteiger partial charge in [-0.05, 0) is 24.6 Å². The van der Waals surface area contributed by atoms with Gasteiger partial charge in [-0.1, -0.05) is 15.9 Å². The number of hydrogen-bond acceptors (Lipinski definition) is 4. The second-order valence-electron chi connectivity index (χ2n) is 3.91. The lowest BCUT2D eigenvalue weighted by molar-refractivity contribution is 0.0684. The molecule has 0 aliphatic heterocycles. The highest BCUT2D eigenvalue weighted by atomic mass is 79.9. The van der Waals surface area contributed by atoms with E-state index in [4.69, 9.17) is 15.9 Å². The van der Waals surface area contributed by atoms with Crippen molar-refractivity contribution in [2.24, 2.45) is 0 Å². The zero-order valence-electron chi connectivity index (χ0n) is 10.2. The van der Waals surface area contributed by atoms with Crippen LogP contribution < -0.4 is 5.73 Å². The molecule has 1 rings (SSSR count). The molecule has 1 amide bonds. The molecule has 0 saturated heterocycles. The van der Waals surface area contributed by atoms with Crippen LogP contribution in [0.2, 0.25) is 0 Å². The first-order valence-electron chi connectivity index (χ1n) is 5.57. The lowest BCUT2D eigenvalue weighted by Gasteiger charge is -2.22. The Morgan fingerprint density at radius 2 is 1.89 bits per heavy atom. The van der Waals surface area contributed by atoms with Gasteiger partial charge in [-0.2, -0.15) is 0 Å². The summed E-state index contributed by atoms with van der Waals surface area (Å²) in [6, 6.07) is 3.42. The second-order valence-corrected chi connectivity index (χ2v) is 4.82. The van der Waals surface area contributed by atoms with E-state index in [9.17, 15) is 4.79 Å². The number of nitrogens with two attached hydrogens (primary N) is 1. The van der Waals surface area contributed by atoms with Crippen LogP contribution in [-0.2, 0) is 0 Å². The summed E-state index contributed by atoms with van der Waals surface area (Å²) in [5.74, 6) is -0.247. The van der Waals surface area contributed by atoms with Crippen molar-refractivity contribution in [3.63, 3.8) is 0 Å². The fraction of sp³-hybridized carbons (Fsp3) is 0.417. The minimum absolute atomic E-state index is 0.145. The van der Waals surface area contributed by atoms with Crippen LogP contribution in [0.15, 0.2) is 16.6 Å². The van der Waals surface area contributed by atoms with Crippen molar-refractivity contribution in [2.45, 2.75) is 6.92 Å². The smallest absolute Gasteiger partial charge is 0.254 e. The van der Waals surface area contributed by atoms with E-state index in [0.717, 1.165) is 4.47 Å². The van der Waals surface area contributed by atoms with Crippen molar-refractivity contribution < 1.29 is 15.0 Å². The standard InChI is InChI=1S/C12H17BrN2O3/c1-8-10(6-9(13)7-11(8)14)12(18)15(2-4-16)3-5-17/h6-7,16-17H,2-5,14H2,1H3. The Hall–Kier alpha value is -1.11. The van der Waals surface area contributed by atoms with Crippen molar-refractivity contribution in [3.05, 3.63) is 27.7 Å². The number of hydrogen-bond donors (Lipinski definition) is 3. The molecule has 4 N–H and O–H groups in total. The Morgan fingerprint density at radius 1 is 1.33 bits per heavy atom. The highest BCUT2D eigenvalue weighted by molar-refractivity contribution is 9.10. The largest absolute Gasteiger partial charge is 0.398 e. The number of anilines is 1. The van der Waals surface area contributed by atoms with Crippen molar-refractivity contribution in [1.82, 2.24) is 4.90 Å². The molecular weight excluding hydrogens is 300 g/mol. The topological polar surface area (TPSA) is 86.8 Å². The van der Waals surface area contributed by atoms with Crippen LogP contribution in [0.3, 0.4) is 0 Å². The molecule has 5 nitrogen and oxygen atoms in total. The third kappa shape index (κ3) is 3.44. The predicted octanol–water partition coefficient (Wildman–Crippen LogP) is 0.767. The van der Waals surface area contributed by atoms with Crippen LogP contribution in [0, 0.1) is 6.92 Å². The quantitative estimate of drug-likeness (QED) is 0.700. The molecule has 0 heterocycles. The third-order valence-corrected chi connectivity index (χ3v) is 3.13. The molecule has 0 aromatic heterocycles. The number of amides is 1. The number of aliphatic hydroxyl groups is 2. The van der Waals surface area contributed by atoms with Crippen molar-refractivity contribution in [3.8, 4) is 0 Å². The Balaban J connectivity index is 3.07.